The zero-order valence-electron chi connectivity index (χ0n) is 16.8. The first-order valence-electron chi connectivity index (χ1n) is 9.17. The molecule has 0 aromatic heterocycles. The molecule has 0 radical (unpaired) electrons. The van der Waals surface area contributed by atoms with Gasteiger partial charge in [0.1, 0.15) is 0 Å². The van der Waals surface area contributed by atoms with Crippen molar-refractivity contribution in [3.63, 3.8) is 0 Å². The van der Waals surface area contributed by atoms with Crippen molar-refractivity contribution in [3.05, 3.63) is 52.5 Å². The average Bonchev–Trinajstić information content (AvgIpc) is 2.71. The quantitative estimate of drug-likeness (QED) is 0.650. The van der Waals surface area contributed by atoms with Crippen LogP contribution >= 0.6 is 11.6 Å². The van der Waals surface area contributed by atoms with E-state index in [-0.39, 0.29) is 18.4 Å². The summed E-state index contributed by atoms with van der Waals surface area (Å²) in [5.74, 6) is 0.659. The third kappa shape index (κ3) is 6.10. The standard InChI is InChI=1S/C21H26ClN3O4/c1-14(26)24-17-6-7-18(22)16(11-17)13-25(10-4-9-23)21(27)15-5-8-19(28-2)20(12-15)29-3/h5-8,11-12H,4,9-10,13,23H2,1-3H3,(H,24,26). The molecule has 0 saturated heterocycles. The summed E-state index contributed by atoms with van der Waals surface area (Å²) in [6.07, 6.45) is 0.641. The van der Waals surface area contributed by atoms with Gasteiger partial charge in [0.2, 0.25) is 5.91 Å². The highest BCUT2D eigenvalue weighted by molar-refractivity contribution is 6.31. The summed E-state index contributed by atoms with van der Waals surface area (Å²) >= 11 is 6.34. The Kier molecular flexibility index (Phi) is 8.30. The minimum absolute atomic E-state index is 0.180. The molecular weight excluding hydrogens is 394 g/mol. The Hall–Kier alpha value is -2.77. The number of rotatable bonds is 9. The summed E-state index contributed by atoms with van der Waals surface area (Å²) in [5.41, 5.74) is 7.47. The Morgan fingerprint density at radius 3 is 2.45 bits per heavy atom. The van der Waals surface area contributed by atoms with E-state index in [9.17, 15) is 9.59 Å². The highest BCUT2D eigenvalue weighted by Crippen LogP contribution is 2.29. The van der Waals surface area contributed by atoms with Gasteiger partial charge in [-0.25, -0.2) is 0 Å². The largest absolute Gasteiger partial charge is 0.493 e. The van der Waals surface area contributed by atoms with Gasteiger partial charge in [0.15, 0.2) is 11.5 Å². The summed E-state index contributed by atoms with van der Waals surface area (Å²) in [5, 5.41) is 3.24. The Morgan fingerprint density at radius 2 is 1.83 bits per heavy atom. The highest BCUT2D eigenvalue weighted by Gasteiger charge is 2.19. The summed E-state index contributed by atoms with van der Waals surface area (Å²) < 4.78 is 10.5. The molecule has 0 spiro atoms. The molecule has 0 heterocycles. The van der Waals surface area contributed by atoms with Crippen molar-refractivity contribution in [2.75, 3.05) is 32.6 Å². The summed E-state index contributed by atoms with van der Waals surface area (Å²) in [7, 11) is 3.06. The van der Waals surface area contributed by atoms with Gasteiger partial charge in [-0.05, 0) is 54.9 Å². The monoisotopic (exact) mass is 419 g/mol. The summed E-state index contributed by atoms with van der Waals surface area (Å²) in [6, 6.07) is 10.2. The number of hydrogen-bond donors (Lipinski definition) is 2. The first-order chi connectivity index (χ1) is 13.9. The molecule has 0 bridgehead atoms. The van der Waals surface area contributed by atoms with Gasteiger partial charge in [0.05, 0.1) is 14.2 Å². The lowest BCUT2D eigenvalue weighted by Gasteiger charge is -2.24. The summed E-state index contributed by atoms with van der Waals surface area (Å²) in [6.45, 7) is 2.63. The van der Waals surface area contributed by atoms with Crippen molar-refractivity contribution in [1.82, 2.24) is 4.90 Å². The van der Waals surface area contributed by atoms with Crippen LogP contribution in [-0.2, 0) is 11.3 Å². The number of hydrogen-bond acceptors (Lipinski definition) is 5. The third-order valence-electron chi connectivity index (χ3n) is 4.28. The topological polar surface area (TPSA) is 93.9 Å². The second kappa shape index (κ2) is 10.7. The van der Waals surface area contributed by atoms with Gasteiger partial charge >= 0.3 is 0 Å². The number of nitrogens with two attached hydrogens (primary N) is 1. The van der Waals surface area contributed by atoms with E-state index in [1.165, 1.54) is 21.1 Å². The lowest BCUT2D eigenvalue weighted by Crippen LogP contribution is -2.32. The maximum Gasteiger partial charge on any atom is 0.254 e. The lowest BCUT2D eigenvalue weighted by molar-refractivity contribution is -0.114. The van der Waals surface area contributed by atoms with Gasteiger partial charge in [-0.2, -0.15) is 0 Å². The molecule has 7 nitrogen and oxygen atoms in total. The van der Waals surface area contributed by atoms with Crippen LogP contribution in [0, 0.1) is 0 Å². The van der Waals surface area contributed by atoms with Crippen LogP contribution < -0.4 is 20.5 Å². The molecule has 0 fully saturated rings. The Labute approximate surface area is 175 Å². The van der Waals surface area contributed by atoms with Gasteiger partial charge in [0, 0.05) is 36.3 Å². The van der Waals surface area contributed by atoms with Crippen LogP contribution in [0.15, 0.2) is 36.4 Å². The number of methoxy groups -OCH3 is 2. The molecule has 0 aliphatic rings. The van der Waals surface area contributed by atoms with Crippen molar-refractivity contribution in [2.24, 2.45) is 5.73 Å². The Morgan fingerprint density at radius 1 is 1.10 bits per heavy atom. The van der Waals surface area contributed by atoms with E-state index < -0.39 is 0 Å². The van der Waals surface area contributed by atoms with Crippen LogP contribution in [0.25, 0.3) is 0 Å². The van der Waals surface area contributed by atoms with E-state index in [4.69, 9.17) is 26.8 Å². The Bertz CT molecular complexity index is 873. The van der Waals surface area contributed by atoms with E-state index in [1.807, 2.05) is 0 Å². The minimum Gasteiger partial charge on any atom is -0.493 e. The Balaban J connectivity index is 2.32. The van der Waals surface area contributed by atoms with Crippen LogP contribution in [0.5, 0.6) is 11.5 Å². The number of carbonyl (C=O) groups is 2. The molecule has 2 rings (SSSR count). The molecule has 0 aliphatic heterocycles. The first-order valence-corrected chi connectivity index (χ1v) is 9.54. The van der Waals surface area contributed by atoms with Gasteiger partial charge in [-0.1, -0.05) is 11.6 Å². The fourth-order valence-corrected chi connectivity index (χ4v) is 3.05. The van der Waals surface area contributed by atoms with Crippen LogP contribution in [0.1, 0.15) is 29.3 Å². The van der Waals surface area contributed by atoms with Crippen LogP contribution in [0.4, 0.5) is 5.69 Å². The molecule has 29 heavy (non-hydrogen) atoms. The zero-order chi connectivity index (χ0) is 21.4. The molecule has 0 atom stereocenters. The lowest BCUT2D eigenvalue weighted by atomic mass is 10.1. The van der Waals surface area contributed by atoms with Crippen molar-refractivity contribution in [3.8, 4) is 11.5 Å². The number of nitrogens with zero attached hydrogens (tertiary/aromatic N) is 1. The average molecular weight is 420 g/mol. The van der Waals surface area contributed by atoms with Crippen LogP contribution in [-0.4, -0.2) is 44.0 Å². The molecular formula is C21H26ClN3O4. The van der Waals surface area contributed by atoms with Crippen LogP contribution in [0.2, 0.25) is 5.02 Å². The number of anilines is 1. The molecule has 0 aliphatic carbocycles. The minimum atomic E-state index is -0.181. The van der Waals surface area contributed by atoms with Crippen molar-refractivity contribution in [1.29, 1.82) is 0 Å². The van der Waals surface area contributed by atoms with Crippen LogP contribution in [0.3, 0.4) is 0 Å². The SMILES string of the molecule is COc1ccc(C(=O)N(CCCN)Cc2cc(NC(C)=O)ccc2Cl)cc1OC. The smallest absolute Gasteiger partial charge is 0.254 e. The highest BCUT2D eigenvalue weighted by atomic mass is 35.5. The van der Waals surface area contributed by atoms with Crippen molar-refractivity contribution in [2.45, 2.75) is 19.9 Å². The zero-order valence-corrected chi connectivity index (χ0v) is 17.6. The van der Waals surface area contributed by atoms with Crippen molar-refractivity contribution < 1.29 is 19.1 Å². The number of carbonyl (C=O) groups excluding carboxylic acids is 2. The number of benzene rings is 2. The van der Waals surface area contributed by atoms with Gasteiger partial charge in [0.25, 0.3) is 5.91 Å². The molecule has 2 aromatic carbocycles. The second-order valence-electron chi connectivity index (χ2n) is 6.43. The maximum atomic E-state index is 13.2. The molecule has 156 valence electrons. The van der Waals surface area contributed by atoms with Crippen molar-refractivity contribution >= 4 is 29.1 Å². The molecule has 3 N–H and O–H groups in total. The number of halogens is 1. The normalized spacial score (nSPS) is 10.4. The predicted molar refractivity (Wildman–Crippen MR) is 114 cm³/mol. The number of ether oxygens (including phenoxy) is 2. The van der Waals surface area contributed by atoms with E-state index in [2.05, 4.69) is 5.32 Å². The number of amides is 2. The molecule has 0 saturated carbocycles. The van der Waals surface area contributed by atoms with E-state index in [1.54, 1.807) is 41.3 Å². The van der Waals surface area contributed by atoms with Gasteiger partial charge < -0.3 is 25.4 Å². The third-order valence-corrected chi connectivity index (χ3v) is 4.65. The first kappa shape index (κ1) is 22.5. The summed E-state index contributed by atoms with van der Waals surface area (Å²) in [4.78, 5) is 26.2. The fourth-order valence-electron chi connectivity index (χ4n) is 2.87. The fraction of sp³-hybridized carbons (Fsp3) is 0.333. The molecule has 2 amide bonds. The number of nitrogens with one attached hydrogen (secondary N) is 1. The maximum absolute atomic E-state index is 13.2. The molecule has 0 unspecified atom stereocenters. The molecule has 8 heteroatoms. The van der Waals surface area contributed by atoms with E-state index in [0.717, 1.165) is 5.56 Å². The van der Waals surface area contributed by atoms with E-state index >= 15 is 0 Å². The van der Waals surface area contributed by atoms with Gasteiger partial charge in [-0.3, -0.25) is 9.59 Å². The van der Waals surface area contributed by atoms with E-state index in [0.29, 0.717) is 47.3 Å². The second-order valence-corrected chi connectivity index (χ2v) is 6.83. The predicted octanol–water partition coefficient (Wildman–Crippen LogP) is 3.31. The molecule has 2 aromatic rings. The van der Waals surface area contributed by atoms with Gasteiger partial charge in [-0.15, -0.1) is 0 Å².